The molecule has 0 saturated carbocycles. The van der Waals surface area contributed by atoms with E-state index in [1.165, 1.54) is 4.90 Å². The van der Waals surface area contributed by atoms with E-state index in [4.69, 9.17) is 28.6 Å². The number of ether oxygens (including phenoxy) is 1. The number of thiocarbonyl (C=S) groups is 1. The average molecular weight is 339 g/mol. The summed E-state index contributed by atoms with van der Waals surface area (Å²) in [5, 5.41) is 7.33. The molecule has 0 aliphatic rings. The summed E-state index contributed by atoms with van der Waals surface area (Å²) in [4.78, 5) is 1.17. The number of halogens is 1. The second-order valence-electron chi connectivity index (χ2n) is 4.16. The molecular formula is C15H15ClN2OS2. The molecule has 0 spiro atoms. The van der Waals surface area contributed by atoms with Crippen molar-refractivity contribution in [3.63, 3.8) is 0 Å². The van der Waals surface area contributed by atoms with Crippen molar-refractivity contribution in [2.75, 3.05) is 24.0 Å². The van der Waals surface area contributed by atoms with Crippen LogP contribution in [0, 0.1) is 0 Å². The van der Waals surface area contributed by atoms with Gasteiger partial charge in [0.2, 0.25) is 0 Å². The fraction of sp³-hybridized carbons (Fsp3) is 0.133. The molecule has 2 aromatic rings. The highest BCUT2D eigenvalue weighted by Gasteiger charge is 2.06. The first-order chi connectivity index (χ1) is 10.1. The third-order valence-corrected chi connectivity index (χ3v) is 3.90. The Kier molecular flexibility index (Phi) is 5.73. The second-order valence-corrected chi connectivity index (χ2v) is 5.88. The summed E-state index contributed by atoms with van der Waals surface area (Å²) in [5.41, 5.74) is 1.66. The summed E-state index contributed by atoms with van der Waals surface area (Å²) in [6, 6.07) is 13.4. The molecule has 0 aliphatic heterocycles. The van der Waals surface area contributed by atoms with E-state index in [0.717, 1.165) is 11.4 Å². The summed E-state index contributed by atoms with van der Waals surface area (Å²) in [6.07, 6.45) is 2.03. The van der Waals surface area contributed by atoms with Crippen LogP contribution < -0.4 is 15.4 Å². The van der Waals surface area contributed by atoms with Crippen LogP contribution in [-0.2, 0) is 0 Å². The predicted molar refractivity (Wildman–Crippen MR) is 96.1 cm³/mol. The Hall–Kier alpha value is -1.43. The minimum Gasteiger partial charge on any atom is -0.495 e. The average Bonchev–Trinajstić information content (AvgIpc) is 2.47. The van der Waals surface area contributed by atoms with Crippen molar-refractivity contribution in [1.82, 2.24) is 0 Å². The molecule has 0 fully saturated rings. The van der Waals surface area contributed by atoms with E-state index in [2.05, 4.69) is 10.6 Å². The number of thioether (sulfide) groups is 1. The molecule has 0 unspecified atom stereocenters. The van der Waals surface area contributed by atoms with Crippen LogP contribution in [0.5, 0.6) is 5.75 Å². The monoisotopic (exact) mass is 338 g/mol. The molecule has 0 atom stereocenters. The molecule has 0 heterocycles. The van der Waals surface area contributed by atoms with Crippen molar-refractivity contribution in [2.24, 2.45) is 0 Å². The smallest absolute Gasteiger partial charge is 0.175 e. The number of rotatable bonds is 4. The number of methoxy groups -OCH3 is 1. The lowest BCUT2D eigenvalue weighted by Gasteiger charge is -2.14. The van der Waals surface area contributed by atoms with Crippen LogP contribution in [0.2, 0.25) is 5.02 Å². The summed E-state index contributed by atoms with van der Waals surface area (Å²) in [6.45, 7) is 0. The minimum absolute atomic E-state index is 0.480. The Balaban J connectivity index is 2.09. The van der Waals surface area contributed by atoms with Gasteiger partial charge in [-0.25, -0.2) is 0 Å². The van der Waals surface area contributed by atoms with Crippen LogP contribution in [0.4, 0.5) is 11.4 Å². The molecule has 2 rings (SSSR count). The van der Waals surface area contributed by atoms with Crippen LogP contribution in [0.1, 0.15) is 0 Å². The second kappa shape index (κ2) is 7.54. The number of hydrogen-bond donors (Lipinski definition) is 2. The third-order valence-electron chi connectivity index (χ3n) is 2.74. The van der Waals surface area contributed by atoms with Gasteiger partial charge in [-0.05, 0) is 54.9 Å². The number of nitrogens with one attached hydrogen (secondary N) is 2. The van der Waals surface area contributed by atoms with Crippen molar-refractivity contribution < 1.29 is 4.74 Å². The van der Waals surface area contributed by atoms with Gasteiger partial charge in [0, 0.05) is 15.6 Å². The number of anilines is 2. The van der Waals surface area contributed by atoms with E-state index in [-0.39, 0.29) is 0 Å². The van der Waals surface area contributed by atoms with Gasteiger partial charge in [0.1, 0.15) is 5.75 Å². The SMILES string of the molecule is COc1ccc(Cl)cc1NC(=S)Nc1cccc(SC)c1. The van der Waals surface area contributed by atoms with Gasteiger partial charge in [-0.2, -0.15) is 0 Å². The summed E-state index contributed by atoms with van der Waals surface area (Å²) < 4.78 is 5.28. The van der Waals surface area contributed by atoms with Gasteiger partial charge in [-0.15, -0.1) is 11.8 Å². The normalized spacial score (nSPS) is 10.0. The highest BCUT2D eigenvalue weighted by molar-refractivity contribution is 7.98. The molecule has 0 aliphatic carbocycles. The summed E-state index contributed by atoms with van der Waals surface area (Å²) in [5.74, 6) is 0.682. The van der Waals surface area contributed by atoms with Crippen LogP contribution in [0.15, 0.2) is 47.4 Å². The number of benzene rings is 2. The molecule has 110 valence electrons. The molecule has 6 heteroatoms. The lowest BCUT2D eigenvalue weighted by Crippen LogP contribution is -2.19. The summed E-state index contributed by atoms with van der Waals surface area (Å²) >= 11 is 13.0. The van der Waals surface area contributed by atoms with Crippen molar-refractivity contribution in [3.05, 3.63) is 47.5 Å². The highest BCUT2D eigenvalue weighted by atomic mass is 35.5. The maximum absolute atomic E-state index is 6.00. The van der Waals surface area contributed by atoms with E-state index in [9.17, 15) is 0 Å². The first-order valence-corrected chi connectivity index (χ1v) is 8.19. The molecule has 0 saturated heterocycles. The zero-order valence-electron chi connectivity index (χ0n) is 11.6. The highest BCUT2D eigenvalue weighted by Crippen LogP contribution is 2.28. The molecule has 0 radical (unpaired) electrons. The van der Waals surface area contributed by atoms with Gasteiger partial charge < -0.3 is 15.4 Å². The molecule has 21 heavy (non-hydrogen) atoms. The standard InChI is InChI=1S/C15H15ClN2OS2/c1-19-14-7-6-10(16)8-13(14)18-15(20)17-11-4-3-5-12(9-11)21-2/h3-9H,1-2H3,(H2,17,18,20). The molecule has 0 bridgehead atoms. The lowest BCUT2D eigenvalue weighted by molar-refractivity contribution is 0.417. The van der Waals surface area contributed by atoms with Gasteiger partial charge >= 0.3 is 0 Å². The topological polar surface area (TPSA) is 33.3 Å². The lowest BCUT2D eigenvalue weighted by atomic mass is 10.3. The Labute approximate surface area is 139 Å². The maximum Gasteiger partial charge on any atom is 0.175 e. The van der Waals surface area contributed by atoms with Crippen molar-refractivity contribution in [1.29, 1.82) is 0 Å². The van der Waals surface area contributed by atoms with E-state index >= 15 is 0 Å². The molecule has 2 N–H and O–H groups in total. The zero-order valence-corrected chi connectivity index (χ0v) is 14.0. The van der Waals surface area contributed by atoms with Crippen molar-refractivity contribution >= 4 is 52.1 Å². The van der Waals surface area contributed by atoms with Gasteiger partial charge in [-0.1, -0.05) is 17.7 Å². The van der Waals surface area contributed by atoms with Crippen LogP contribution in [0.25, 0.3) is 0 Å². The molecular weight excluding hydrogens is 324 g/mol. The Morgan fingerprint density at radius 2 is 2.00 bits per heavy atom. The van der Waals surface area contributed by atoms with E-state index in [1.807, 2.05) is 30.5 Å². The molecule has 3 nitrogen and oxygen atoms in total. The van der Waals surface area contributed by atoms with Crippen LogP contribution in [-0.4, -0.2) is 18.5 Å². The molecule has 2 aromatic carbocycles. The summed E-state index contributed by atoms with van der Waals surface area (Å²) in [7, 11) is 1.60. The van der Waals surface area contributed by atoms with Crippen molar-refractivity contribution in [3.8, 4) is 5.75 Å². The van der Waals surface area contributed by atoms with Crippen molar-refractivity contribution in [2.45, 2.75) is 4.90 Å². The van der Waals surface area contributed by atoms with E-state index in [0.29, 0.717) is 15.9 Å². The zero-order chi connectivity index (χ0) is 15.2. The van der Waals surface area contributed by atoms with Gasteiger partial charge in [0.15, 0.2) is 5.11 Å². The Morgan fingerprint density at radius 3 is 2.71 bits per heavy atom. The van der Waals surface area contributed by atoms with Gasteiger partial charge in [0.25, 0.3) is 0 Å². The maximum atomic E-state index is 6.00. The first kappa shape index (κ1) is 15.9. The van der Waals surface area contributed by atoms with Crippen LogP contribution in [0.3, 0.4) is 0 Å². The largest absolute Gasteiger partial charge is 0.495 e. The molecule has 0 aromatic heterocycles. The predicted octanol–water partition coefficient (Wildman–Crippen LogP) is 4.88. The van der Waals surface area contributed by atoms with E-state index < -0.39 is 0 Å². The fourth-order valence-corrected chi connectivity index (χ4v) is 2.62. The minimum atomic E-state index is 0.480. The van der Waals surface area contributed by atoms with Gasteiger partial charge in [0.05, 0.1) is 12.8 Å². The van der Waals surface area contributed by atoms with Gasteiger partial charge in [-0.3, -0.25) is 0 Å². The molecule has 0 amide bonds. The van der Waals surface area contributed by atoms with Crippen LogP contribution >= 0.6 is 35.6 Å². The third kappa shape index (κ3) is 4.52. The Morgan fingerprint density at radius 1 is 1.19 bits per heavy atom. The fourth-order valence-electron chi connectivity index (χ4n) is 1.76. The first-order valence-electron chi connectivity index (χ1n) is 6.18. The number of hydrogen-bond acceptors (Lipinski definition) is 3. The van der Waals surface area contributed by atoms with E-state index in [1.54, 1.807) is 37.1 Å². The Bertz CT molecular complexity index is 649. The quantitative estimate of drug-likeness (QED) is 0.613.